The van der Waals surface area contributed by atoms with E-state index in [1.807, 2.05) is 6.07 Å². The summed E-state index contributed by atoms with van der Waals surface area (Å²) in [6, 6.07) is 9.10. The lowest BCUT2D eigenvalue weighted by Gasteiger charge is -2.07. The molecule has 0 aliphatic rings. The van der Waals surface area contributed by atoms with Crippen LogP contribution in [-0.4, -0.2) is 19.0 Å². The number of para-hydroxylation sites is 1. The molecule has 16 heavy (non-hydrogen) atoms. The zero-order valence-electron chi connectivity index (χ0n) is 8.86. The van der Waals surface area contributed by atoms with Crippen LogP contribution < -0.4 is 10.6 Å². The minimum atomic E-state index is -0.132. The van der Waals surface area contributed by atoms with Crippen LogP contribution in [0.3, 0.4) is 0 Å². The van der Waals surface area contributed by atoms with Crippen LogP contribution >= 0.6 is 0 Å². The second-order valence-corrected chi connectivity index (χ2v) is 3.10. The molecule has 0 saturated heterocycles. The number of carbonyl (C=O) groups is 1. The number of anilines is 1. The van der Waals surface area contributed by atoms with Gasteiger partial charge in [0.15, 0.2) is 0 Å². The van der Waals surface area contributed by atoms with E-state index in [2.05, 4.69) is 23.3 Å². The fraction of sp³-hybridized carbons (Fsp3) is 0.167. The maximum Gasteiger partial charge on any atom is 0.239 e. The molecule has 0 aliphatic heterocycles. The van der Waals surface area contributed by atoms with Gasteiger partial charge >= 0.3 is 0 Å². The van der Waals surface area contributed by atoms with Gasteiger partial charge in [-0.15, -0.1) is 6.58 Å². The fourth-order valence-electron chi connectivity index (χ4n) is 1.16. The van der Waals surface area contributed by atoms with Crippen molar-refractivity contribution in [2.45, 2.75) is 0 Å². The van der Waals surface area contributed by atoms with Crippen molar-refractivity contribution in [1.29, 1.82) is 5.26 Å². The van der Waals surface area contributed by atoms with E-state index in [4.69, 9.17) is 5.26 Å². The number of nitrogens with zero attached hydrogens (tertiary/aromatic N) is 1. The SMILES string of the molecule is C=CCNC(=O)CNc1ccccc1C#N. The van der Waals surface area contributed by atoms with Crippen molar-refractivity contribution in [2.24, 2.45) is 0 Å². The highest BCUT2D eigenvalue weighted by Gasteiger charge is 2.02. The van der Waals surface area contributed by atoms with Gasteiger partial charge in [0, 0.05) is 6.54 Å². The Bertz CT molecular complexity index is 421. The van der Waals surface area contributed by atoms with Gasteiger partial charge in [-0.05, 0) is 12.1 Å². The number of hydrogen-bond acceptors (Lipinski definition) is 3. The minimum Gasteiger partial charge on any atom is -0.375 e. The van der Waals surface area contributed by atoms with Gasteiger partial charge in [0.25, 0.3) is 0 Å². The van der Waals surface area contributed by atoms with Crippen LogP contribution in [0.15, 0.2) is 36.9 Å². The van der Waals surface area contributed by atoms with Crippen LogP contribution in [-0.2, 0) is 4.79 Å². The molecule has 0 aliphatic carbocycles. The summed E-state index contributed by atoms with van der Waals surface area (Å²) in [4.78, 5) is 11.3. The first kappa shape index (κ1) is 11.8. The molecule has 0 bridgehead atoms. The largest absolute Gasteiger partial charge is 0.375 e. The van der Waals surface area contributed by atoms with Gasteiger partial charge in [0.1, 0.15) is 6.07 Å². The lowest BCUT2D eigenvalue weighted by Crippen LogP contribution is -2.29. The van der Waals surface area contributed by atoms with Gasteiger partial charge in [-0.3, -0.25) is 4.79 Å². The molecule has 0 saturated carbocycles. The third-order valence-electron chi connectivity index (χ3n) is 1.93. The molecule has 1 rings (SSSR count). The Kier molecular flexibility index (Phi) is 4.61. The van der Waals surface area contributed by atoms with Crippen LogP contribution in [0.2, 0.25) is 0 Å². The van der Waals surface area contributed by atoms with Gasteiger partial charge in [-0.1, -0.05) is 18.2 Å². The van der Waals surface area contributed by atoms with Gasteiger partial charge in [0.05, 0.1) is 17.8 Å². The van der Waals surface area contributed by atoms with Crippen molar-refractivity contribution in [3.63, 3.8) is 0 Å². The predicted molar refractivity (Wildman–Crippen MR) is 62.9 cm³/mol. The maximum atomic E-state index is 11.3. The summed E-state index contributed by atoms with van der Waals surface area (Å²) in [5.41, 5.74) is 1.19. The van der Waals surface area contributed by atoms with Crippen LogP contribution in [0.4, 0.5) is 5.69 Å². The number of carbonyl (C=O) groups excluding carboxylic acids is 1. The fourth-order valence-corrected chi connectivity index (χ4v) is 1.16. The van der Waals surface area contributed by atoms with E-state index in [0.717, 1.165) is 0 Å². The predicted octanol–water partition coefficient (Wildman–Crippen LogP) is 1.27. The molecule has 0 atom stereocenters. The van der Waals surface area contributed by atoms with Crippen LogP contribution in [0, 0.1) is 11.3 Å². The van der Waals surface area contributed by atoms with Gasteiger partial charge < -0.3 is 10.6 Å². The standard InChI is InChI=1S/C12H13N3O/c1-2-7-14-12(16)9-15-11-6-4-3-5-10(11)8-13/h2-6,15H,1,7,9H2,(H,14,16). The Morgan fingerprint density at radius 1 is 1.50 bits per heavy atom. The lowest BCUT2D eigenvalue weighted by atomic mass is 10.2. The third kappa shape index (κ3) is 3.46. The summed E-state index contributed by atoms with van der Waals surface area (Å²) in [5, 5.41) is 14.4. The maximum absolute atomic E-state index is 11.3. The highest BCUT2D eigenvalue weighted by Crippen LogP contribution is 2.12. The Morgan fingerprint density at radius 2 is 2.25 bits per heavy atom. The molecule has 2 N–H and O–H groups in total. The molecule has 0 radical (unpaired) electrons. The number of hydrogen-bond donors (Lipinski definition) is 2. The van der Waals surface area contributed by atoms with E-state index >= 15 is 0 Å². The molecule has 0 heterocycles. The molecule has 1 aromatic carbocycles. The normalized spacial score (nSPS) is 8.94. The highest BCUT2D eigenvalue weighted by molar-refractivity contribution is 5.81. The van der Waals surface area contributed by atoms with Crippen LogP contribution in [0.1, 0.15) is 5.56 Å². The molecular weight excluding hydrogens is 202 g/mol. The van der Waals surface area contributed by atoms with Gasteiger partial charge in [-0.2, -0.15) is 5.26 Å². The average Bonchev–Trinajstić information content (AvgIpc) is 2.34. The average molecular weight is 215 g/mol. The summed E-state index contributed by atoms with van der Waals surface area (Å²) < 4.78 is 0. The number of nitrogens with one attached hydrogen (secondary N) is 2. The molecule has 1 aromatic rings. The second kappa shape index (κ2) is 6.25. The number of nitriles is 1. The van der Waals surface area contributed by atoms with E-state index in [1.165, 1.54) is 0 Å². The summed E-state index contributed by atoms with van der Waals surface area (Å²) in [5.74, 6) is -0.132. The van der Waals surface area contributed by atoms with Crippen molar-refractivity contribution < 1.29 is 4.79 Å². The zero-order chi connectivity index (χ0) is 11.8. The quantitative estimate of drug-likeness (QED) is 0.727. The topological polar surface area (TPSA) is 64.9 Å². The Hall–Kier alpha value is -2.28. The van der Waals surface area contributed by atoms with Gasteiger partial charge in [-0.25, -0.2) is 0 Å². The molecular formula is C12H13N3O. The van der Waals surface area contributed by atoms with Crippen LogP contribution in [0.25, 0.3) is 0 Å². The lowest BCUT2D eigenvalue weighted by molar-refractivity contribution is -0.119. The summed E-state index contributed by atoms with van der Waals surface area (Å²) >= 11 is 0. The van der Waals surface area contributed by atoms with Crippen molar-refractivity contribution in [3.8, 4) is 6.07 Å². The Labute approximate surface area is 94.6 Å². The van der Waals surface area contributed by atoms with Crippen molar-refractivity contribution in [2.75, 3.05) is 18.4 Å². The summed E-state index contributed by atoms with van der Waals surface area (Å²) in [7, 11) is 0. The Balaban J connectivity index is 2.51. The number of rotatable bonds is 5. The molecule has 0 aromatic heterocycles. The molecule has 0 unspecified atom stereocenters. The first-order valence-corrected chi connectivity index (χ1v) is 4.88. The molecule has 82 valence electrons. The molecule has 4 nitrogen and oxygen atoms in total. The van der Waals surface area contributed by atoms with E-state index in [-0.39, 0.29) is 12.5 Å². The number of benzene rings is 1. The Morgan fingerprint density at radius 3 is 2.94 bits per heavy atom. The van der Waals surface area contributed by atoms with Crippen molar-refractivity contribution >= 4 is 11.6 Å². The number of amides is 1. The van der Waals surface area contributed by atoms with Crippen molar-refractivity contribution in [3.05, 3.63) is 42.5 Å². The monoisotopic (exact) mass is 215 g/mol. The highest BCUT2D eigenvalue weighted by atomic mass is 16.1. The van der Waals surface area contributed by atoms with E-state index in [1.54, 1.807) is 24.3 Å². The zero-order valence-corrected chi connectivity index (χ0v) is 8.86. The van der Waals surface area contributed by atoms with E-state index in [9.17, 15) is 4.79 Å². The first-order chi connectivity index (χ1) is 7.77. The van der Waals surface area contributed by atoms with Gasteiger partial charge in [0.2, 0.25) is 5.91 Å². The van der Waals surface area contributed by atoms with E-state index < -0.39 is 0 Å². The molecule has 0 fully saturated rings. The second-order valence-electron chi connectivity index (χ2n) is 3.10. The smallest absolute Gasteiger partial charge is 0.239 e. The summed E-state index contributed by atoms with van der Waals surface area (Å²) in [6.45, 7) is 4.09. The molecule has 0 spiro atoms. The first-order valence-electron chi connectivity index (χ1n) is 4.88. The molecule has 1 amide bonds. The van der Waals surface area contributed by atoms with E-state index in [0.29, 0.717) is 17.8 Å². The van der Waals surface area contributed by atoms with Crippen molar-refractivity contribution in [1.82, 2.24) is 5.32 Å². The third-order valence-corrected chi connectivity index (χ3v) is 1.93. The minimum absolute atomic E-state index is 0.132. The molecule has 4 heteroatoms. The summed E-state index contributed by atoms with van der Waals surface area (Å²) in [6.07, 6.45) is 1.61. The van der Waals surface area contributed by atoms with Crippen LogP contribution in [0.5, 0.6) is 0 Å².